The van der Waals surface area contributed by atoms with Crippen LogP contribution in [0.2, 0.25) is 0 Å². The van der Waals surface area contributed by atoms with Gasteiger partial charge in [-0.3, -0.25) is 4.79 Å². The minimum absolute atomic E-state index is 0.0313. The second kappa shape index (κ2) is 6.49. The highest BCUT2D eigenvalue weighted by molar-refractivity contribution is 5.93. The zero-order valence-electron chi connectivity index (χ0n) is 15.2. The lowest BCUT2D eigenvalue weighted by Gasteiger charge is -2.12. The number of nitrogens with one attached hydrogen (secondary N) is 2. The van der Waals surface area contributed by atoms with Gasteiger partial charge in [-0.15, -0.1) is 5.10 Å². The molecule has 0 saturated carbocycles. The van der Waals surface area contributed by atoms with Crippen LogP contribution in [-0.2, 0) is 4.79 Å². The summed E-state index contributed by atoms with van der Waals surface area (Å²) in [5, 5.41) is 11.6. The molecule has 8 heteroatoms. The Kier molecular flexibility index (Phi) is 3.82. The van der Waals surface area contributed by atoms with Crippen molar-refractivity contribution in [2.75, 3.05) is 19.0 Å². The van der Waals surface area contributed by atoms with Crippen LogP contribution in [0.1, 0.15) is 6.42 Å². The maximum atomic E-state index is 12.0. The van der Waals surface area contributed by atoms with Gasteiger partial charge in [0.05, 0.1) is 12.6 Å². The predicted octanol–water partition coefficient (Wildman–Crippen LogP) is 2.25. The summed E-state index contributed by atoms with van der Waals surface area (Å²) < 4.78 is 6.98. The zero-order valence-corrected chi connectivity index (χ0v) is 15.2. The molecular formula is C20H18N6O2. The number of anilines is 1. The summed E-state index contributed by atoms with van der Waals surface area (Å²) in [6, 6.07) is 15.0. The molecule has 2 aromatic heterocycles. The highest BCUT2D eigenvalue weighted by Crippen LogP contribution is 2.26. The largest absolute Gasteiger partial charge is 0.497 e. The van der Waals surface area contributed by atoms with E-state index >= 15 is 0 Å². The summed E-state index contributed by atoms with van der Waals surface area (Å²) in [5.74, 6) is 1.77. The molecule has 0 bridgehead atoms. The SMILES string of the molecule is COc1cccc(-c2nc3c4ccccc4nc(N[C@@H]4CCNC4=O)n3n2)c1. The molecule has 1 aliphatic rings. The zero-order chi connectivity index (χ0) is 19.1. The third-order valence-corrected chi connectivity index (χ3v) is 4.86. The third kappa shape index (κ3) is 2.70. The Hall–Kier alpha value is -3.68. The van der Waals surface area contributed by atoms with Gasteiger partial charge in [0.25, 0.3) is 0 Å². The van der Waals surface area contributed by atoms with Crippen LogP contribution in [0.4, 0.5) is 5.95 Å². The summed E-state index contributed by atoms with van der Waals surface area (Å²) >= 11 is 0. The first kappa shape index (κ1) is 16.5. The van der Waals surface area contributed by atoms with E-state index in [1.807, 2.05) is 48.5 Å². The van der Waals surface area contributed by atoms with Crippen molar-refractivity contribution < 1.29 is 9.53 Å². The fourth-order valence-corrected chi connectivity index (χ4v) is 3.42. The summed E-state index contributed by atoms with van der Waals surface area (Å²) in [7, 11) is 1.63. The van der Waals surface area contributed by atoms with Crippen molar-refractivity contribution in [2.45, 2.75) is 12.5 Å². The molecule has 28 heavy (non-hydrogen) atoms. The molecule has 1 amide bonds. The number of fused-ring (bicyclic) bond motifs is 3. The van der Waals surface area contributed by atoms with Crippen molar-refractivity contribution in [1.82, 2.24) is 24.9 Å². The Morgan fingerprint density at radius 3 is 2.89 bits per heavy atom. The van der Waals surface area contributed by atoms with Crippen molar-refractivity contribution in [3.8, 4) is 17.1 Å². The van der Waals surface area contributed by atoms with Gasteiger partial charge in [-0.05, 0) is 30.7 Å². The topological polar surface area (TPSA) is 93.4 Å². The van der Waals surface area contributed by atoms with Gasteiger partial charge in [-0.1, -0.05) is 24.3 Å². The van der Waals surface area contributed by atoms with Crippen LogP contribution >= 0.6 is 0 Å². The van der Waals surface area contributed by atoms with Crippen LogP contribution < -0.4 is 15.4 Å². The average molecular weight is 374 g/mol. The average Bonchev–Trinajstić information content (AvgIpc) is 3.35. The summed E-state index contributed by atoms with van der Waals surface area (Å²) in [5.41, 5.74) is 2.32. The standard InChI is InChI=1S/C20H18N6O2/c1-28-13-6-4-5-12(11-13)17-24-18-14-7-2-3-8-15(14)22-20(26(18)25-17)23-16-9-10-21-19(16)27/h2-8,11,16H,9-10H2,1H3,(H,21,27)(H,22,23)/t16-/m1/s1. The number of benzene rings is 2. The van der Waals surface area contributed by atoms with Crippen molar-refractivity contribution in [1.29, 1.82) is 0 Å². The van der Waals surface area contributed by atoms with Crippen molar-refractivity contribution in [3.05, 3.63) is 48.5 Å². The number of carbonyl (C=O) groups excluding carboxylic acids is 1. The number of hydrogen-bond donors (Lipinski definition) is 2. The van der Waals surface area contributed by atoms with Gasteiger partial charge >= 0.3 is 0 Å². The van der Waals surface area contributed by atoms with Gasteiger partial charge in [-0.2, -0.15) is 4.52 Å². The Bertz CT molecular complexity index is 1200. The van der Waals surface area contributed by atoms with E-state index < -0.39 is 0 Å². The first-order valence-corrected chi connectivity index (χ1v) is 9.07. The van der Waals surface area contributed by atoms with Crippen LogP contribution in [0.15, 0.2) is 48.5 Å². The van der Waals surface area contributed by atoms with E-state index in [2.05, 4.69) is 20.7 Å². The fourth-order valence-electron chi connectivity index (χ4n) is 3.42. The molecule has 2 aromatic carbocycles. The molecule has 1 aliphatic heterocycles. The molecule has 1 atom stereocenters. The van der Waals surface area contributed by atoms with Gasteiger partial charge in [0.1, 0.15) is 11.8 Å². The number of amides is 1. The van der Waals surface area contributed by atoms with Gasteiger partial charge in [0, 0.05) is 17.5 Å². The first-order chi connectivity index (χ1) is 13.7. The molecule has 5 rings (SSSR count). The van der Waals surface area contributed by atoms with Gasteiger partial charge < -0.3 is 15.4 Å². The number of hydrogen-bond acceptors (Lipinski definition) is 6. The quantitative estimate of drug-likeness (QED) is 0.569. The van der Waals surface area contributed by atoms with E-state index in [1.54, 1.807) is 11.6 Å². The number of para-hydroxylation sites is 1. The van der Waals surface area contributed by atoms with Gasteiger partial charge in [-0.25, -0.2) is 9.97 Å². The number of carbonyl (C=O) groups is 1. The molecule has 0 radical (unpaired) electrons. The van der Waals surface area contributed by atoms with Crippen LogP contribution in [0.25, 0.3) is 27.9 Å². The highest BCUT2D eigenvalue weighted by Gasteiger charge is 2.26. The molecule has 0 aliphatic carbocycles. The molecule has 8 nitrogen and oxygen atoms in total. The third-order valence-electron chi connectivity index (χ3n) is 4.86. The number of rotatable bonds is 4. The van der Waals surface area contributed by atoms with Crippen LogP contribution in [0.5, 0.6) is 5.75 Å². The van der Waals surface area contributed by atoms with Crippen LogP contribution in [0, 0.1) is 0 Å². The molecule has 0 spiro atoms. The Balaban J connectivity index is 1.69. The molecule has 140 valence electrons. The number of methoxy groups -OCH3 is 1. The van der Waals surface area contributed by atoms with Crippen LogP contribution in [-0.4, -0.2) is 45.2 Å². The Morgan fingerprint density at radius 1 is 1.18 bits per heavy atom. The van der Waals surface area contributed by atoms with Crippen LogP contribution in [0.3, 0.4) is 0 Å². The second-order valence-electron chi connectivity index (χ2n) is 6.63. The molecule has 4 aromatic rings. The minimum Gasteiger partial charge on any atom is -0.497 e. The lowest BCUT2D eigenvalue weighted by molar-refractivity contribution is -0.119. The smallest absolute Gasteiger partial charge is 0.242 e. The molecule has 2 N–H and O–H groups in total. The van der Waals surface area contributed by atoms with Crippen molar-refractivity contribution in [2.24, 2.45) is 0 Å². The monoisotopic (exact) mass is 374 g/mol. The van der Waals surface area contributed by atoms with E-state index in [0.717, 1.165) is 22.2 Å². The number of nitrogens with zero attached hydrogens (tertiary/aromatic N) is 4. The molecule has 1 fully saturated rings. The Labute approximate surface area is 160 Å². The fraction of sp³-hybridized carbons (Fsp3) is 0.200. The maximum absolute atomic E-state index is 12.0. The molecule has 0 unspecified atom stereocenters. The van der Waals surface area contributed by atoms with Crippen molar-refractivity contribution >= 4 is 28.4 Å². The molecular weight excluding hydrogens is 356 g/mol. The lowest BCUT2D eigenvalue weighted by Crippen LogP contribution is -2.30. The van der Waals surface area contributed by atoms with Gasteiger partial charge in [0.15, 0.2) is 11.5 Å². The summed E-state index contributed by atoms with van der Waals surface area (Å²) in [4.78, 5) is 21.5. The Morgan fingerprint density at radius 2 is 2.07 bits per heavy atom. The minimum atomic E-state index is -0.332. The highest BCUT2D eigenvalue weighted by atomic mass is 16.5. The van der Waals surface area contributed by atoms with Gasteiger partial charge in [0.2, 0.25) is 11.9 Å². The number of ether oxygens (including phenoxy) is 1. The van der Waals surface area contributed by atoms with E-state index in [-0.39, 0.29) is 11.9 Å². The lowest BCUT2D eigenvalue weighted by atomic mass is 10.2. The summed E-state index contributed by atoms with van der Waals surface area (Å²) in [6.07, 6.45) is 0.701. The molecule has 1 saturated heterocycles. The number of aromatic nitrogens is 4. The molecule has 3 heterocycles. The summed E-state index contributed by atoms with van der Waals surface area (Å²) in [6.45, 7) is 0.652. The second-order valence-corrected chi connectivity index (χ2v) is 6.63. The normalized spacial score (nSPS) is 16.5. The van der Waals surface area contributed by atoms with E-state index in [0.29, 0.717) is 30.4 Å². The van der Waals surface area contributed by atoms with E-state index in [9.17, 15) is 4.79 Å². The predicted molar refractivity (Wildman–Crippen MR) is 105 cm³/mol. The van der Waals surface area contributed by atoms with E-state index in [4.69, 9.17) is 9.72 Å². The first-order valence-electron chi connectivity index (χ1n) is 9.07. The van der Waals surface area contributed by atoms with E-state index in [1.165, 1.54) is 0 Å². The maximum Gasteiger partial charge on any atom is 0.242 e. The van der Waals surface area contributed by atoms with Crippen molar-refractivity contribution in [3.63, 3.8) is 0 Å².